The Morgan fingerprint density at radius 2 is 1.54 bits per heavy atom. The van der Waals surface area contributed by atoms with Crippen molar-refractivity contribution in [3.63, 3.8) is 0 Å². The lowest BCUT2D eigenvalue weighted by atomic mass is 10.0. The number of anilines is 2. The molecule has 0 aliphatic rings. The molecule has 0 spiro atoms. The number of hydrogen-bond acceptors (Lipinski definition) is 4. The number of esters is 1. The van der Waals surface area contributed by atoms with Gasteiger partial charge in [0, 0.05) is 24.5 Å². The van der Waals surface area contributed by atoms with Gasteiger partial charge in [0.25, 0.3) is 5.91 Å². The number of hydrogen-bond donors (Lipinski definition) is 1. The molecule has 0 saturated heterocycles. The predicted octanol–water partition coefficient (Wildman–Crippen LogP) is 4.64. The third kappa shape index (κ3) is 5.12. The molecule has 2 aromatic carbocycles. The molecule has 2 rings (SSSR count). The van der Waals surface area contributed by atoms with Crippen molar-refractivity contribution >= 4 is 23.3 Å². The molecule has 0 radical (unpaired) electrons. The van der Waals surface area contributed by atoms with Gasteiger partial charge in [-0.25, -0.2) is 4.79 Å². The van der Waals surface area contributed by atoms with Gasteiger partial charge in [-0.15, -0.1) is 0 Å². The monoisotopic (exact) mass is 382 g/mol. The maximum Gasteiger partial charge on any atom is 0.338 e. The van der Waals surface area contributed by atoms with Crippen LogP contribution in [0.15, 0.2) is 36.4 Å². The summed E-state index contributed by atoms with van der Waals surface area (Å²) >= 11 is 0. The standard InChI is InChI=1S/C23H30N2O3/c1-7-25(8-2)20-11-9-19(10-12-20)23(27)28-18(6)22(26)24-21-16(4)13-15(3)14-17(21)5/h9-14,18H,7-8H2,1-6H3,(H,24,26)/t18-/m0/s1. The molecule has 1 atom stereocenters. The van der Waals surface area contributed by atoms with Crippen LogP contribution in [0.5, 0.6) is 0 Å². The Morgan fingerprint density at radius 1 is 1.00 bits per heavy atom. The summed E-state index contributed by atoms with van der Waals surface area (Å²) in [6.45, 7) is 13.5. The topological polar surface area (TPSA) is 58.6 Å². The summed E-state index contributed by atoms with van der Waals surface area (Å²) in [7, 11) is 0. The summed E-state index contributed by atoms with van der Waals surface area (Å²) in [5, 5.41) is 2.88. The fourth-order valence-corrected chi connectivity index (χ4v) is 3.28. The second-order valence-corrected chi connectivity index (χ2v) is 7.03. The van der Waals surface area contributed by atoms with E-state index in [0.29, 0.717) is 5.56 Å². The van der Waals surface area contributed by atoms with Crippen LogP contribution in [0.3, 0.4) is 0 Å². The zero-order chi connectivity index (χ0) is 20.8. The van der Waals surface area contributed by atoms with Crippen molar-refractivity contribution in [1.29, 1.82) is 0 Å². The second kappa shape index (κ2) is 9.40. The minimum absolute atomic E-state index is 0.344. The average Bonchev–Trinajstić information content (AvgIpc) is 2.65. The highest BCUT2D eigenvalue weighted by Crippen LogP contribution is 2.22. The largest absolute Gasteiger partial charge is 0.449 e. The van der Waals surface area contributed by atoms with Gasteiger partial charge in [-0.3, -0.25) is 4.79 Å². The highest BCUT2D eigenvalue weighted by atomic mass is 16.5. The number of carbonyl (C=O) groups excluding carboxylic acids is 2. The van der Waals surface area contributed by atoms with Crippen LogP contribution in [-0.4, -0.2) is 31.1 Å². The maximum absolute atomic E-state index is 12.5. The lowest BCUT2D eigenvalue weighted by Gasteiger charge is -2.21. The van der Waals surface area contributed by atoms with Crippen molar-refractivity contribution in [2.24, 2.45) is 0 Å². The summed E-state index contributed by atoms with van der Waals surface area (Å²) in [6.07, 6.45) is -0.893. The molecule has 0 bridgehead atoms. The normalized spacial score (nSPS) is 11.6. The number of aryl methyl sites for hydroxylation is 3. The summed E-state index contributed by atoms with van der Waals surface area (Å²) in [6, 6.07) is 11.3. The lowest BCUT2D eigenvalue weighted by molar-refractivity contribution is -0.123. The van der Waals surface area contributed by atoms with E-state index in [-0.39, 0.29) is 5.91 Å². The Balaban J connectivity index is 2.03. The Bertz CT molecular complexity index is 816. The van der Waals surface area contributed by atoms with Gasteiger partial charge in [0.05, 0.1) is 5.56 Å². The fraction of sp³-hybridized carbons (Fsp3) is 0.391. The van der Waals surface area contributed by atoms with Gasteiger partial charge in [-0.1, -0.05) is 17.7 Å². The van der Waals surface area contributed by atoms with E-state index in [0.717, 1.165) is 41.2 Å². The van der Waals surface area contributed by atoms with Crippen LogP contribution in [0.1, 0.15) is 47.8 Å². The minimum atomic E-state index is -0.893. The number of rotatable bonds is 7. The summed E-state index contributed by atoms with van der Waals surface area (Å²) < 4.78 is 5.36. The molecule has 28 heavy (non-hydrogen) atoms. The van der Waals surface area contributed by atoms with Crippen LogP contribution in [0, 0.1) is 20.8 Å². The van der Waals surface area contributed by atoms with E-state index >= 15 is 0 Å². The van der Waals surface area contributed by atoms with E-state index in [2.05, 4.69) is 24.1 Å². The van der Waals surface area contributed by atoms with Crippen LogP contribution >= 0.6 is 0 Å². The molecular formula is C23H30N2O3. The first-order valence-electron chi connectivity index (χ1n) is 9.71. The van der Waals surface area contributed by atoms with Crippen molar-refractivity contribution in [2.45, 2.75) is 47.6 Å². The number of nitrogens with one attached hydrogen (secondary N) is 1. The van der Waals surface area contributed by atoms with Crippen LogP contribution in [0.4, 0.5) is 11.4 Å². The molecule has 5 nitrogen and oxygen atoms in total. The first-order chi connectivity index (χ1) is 13.3. The number of nitrogens with zero attached hydrogens (tertiary/aromatic N) is 1. The zero-order valence-corrected chi connectivity index (χ0v) is 17.6. The van der Waals surface area contributed by atoms with Crippen LogP contribution in [0.25, 0.3) is 0 Å². The van der Waals surface area contributed by atoms with Gasteiger partial charge in [0.1, 0.15) is 0 Å². The molecule has 1 N–H and O–H groups in total. The van der Waals surface area contributed by atoms with Gasteiger partial charge >= 0.3 is 5.97 Å². The summed E-state index contributed by atoms with van der Waals surface area (Å²) in [5.74, 6) is -0.853. The van der Waals surface area contributed by atoms with Crippen molar-refractivity contribution in [3.05, 3.63) is 58.7 Å². The molecule has 5 heteroatoms. The molecule has 0 unspecified atom stereocenters. The first-order valence-corrected chi connectivity index (χ1v) is 9.71. The van der Waals surface area contributed by atoms with E-state index in [9.17, 15) is 9.59 Å². The summed E-state index contributed by atoms with van der Waals surface area (Å²) in [4.78, 5) is 27.1. The van der Waals surface area contributed by atoms with E-state index in [1.165, 1.54) is 0 Å². The molecule has 0 aliphatic heterocycles. The number of benzene rings is 2. The Morgan fingerprint density at radius 3 is 2.04 bits per heavy atom. The van der Waals surface area contributed by atoms with Gasteiger partial charge in [-0.2, -0.15) is 0 Å². The quantitative estimate of drug-likeness (QED) is 0.709. The summed E-state index contributed by atoms with van der Waals surface area (Å²) in [5.41, 5.74) is 5.35. The van der Waals surface area contributed by atoms with Crippen molar-refractivity contribution in [2.75, 3.05) is 23.3 Å². The molecule has 0 fully saturated rings. The van der Waals surface area contributed by atoms with Crippen LogP contribution < -0.4 is 10.2 Å². The maximum atomic E-state index is 12.5. The third-order valence-corrected chi connectivity index (χ3v) is 4.81. The second-order valence-electron chi connectivity index (χ2n) is 7.03. The van der Waals surface area contributed by atoms with Crippen LogP contribution in [0.2, 0.25) is 0 Å². The zero-order valence-electron chi connectivity index (χ0n) is 17.6. The number of ether oxygens (including phenoxy) is 1. The van der Waals surface area contributed by atoms with E-state index in [1.807, 2.05) is 45.0 Å². The van der Waals surface area contributed by atoms with Gasteiger partial charge in [0.15, 0.2) is 6.10 Å². The van der Waals surface area contributed by atoms with E-state index in [4.69, 9.17) is 4.74 Å². The number of carbonyl (C=O) groups is 2. The highest BCUT2D eigenvalue weighted by Gasteiger charge is 2.20. The fourth-order valence-electron chi connectivity index (χ4n) is 3.28. The van der Waals surface area contributed by atoms with Crippen molar-refractivity contribution in [1.82, 2.24) is 0 Å². The minimum Gasteiger partial charge on any atom is -0.449 e. The Hall–Kier alpha value is -2.82. The van der Waals surface area contributed by atoms with E-state index in [1.54, 1.807) is 19.1 Å². The number of amides is 1. The van der Waals surface area contributed by atoms with Gasteiger partial charge in [0.2, 0.25) is 0 Å². The molecule has 2 aromatic rings. The lowest BCUT2D eigenvalue weighted by Crippen LogP contribution is -2.30. The highest BCUT2D eigenvalue weighted by molar-refractivity contribution is 5.98. The van der Waals surface area contributed by atoms with Gasteiger partial charge < -0.3 is 15.0 Å². The molecular weight excluding hydrogens is 352 g/mol. The van der Waals surface area contributed by atoms with Gasteiger partial charge in [-0.05, 0) is 76.9 Å². The molecule has 150 valence electrons. The Labute approximate surface area is 167 Å². The molecule has 0 heterocycles. The van der Waals surface area contributed by atoms with Crippen molar-refractivity contribution < 1.29 is 14.3 Å². The van der Waals surface area contributed by atoms with Crippen LogP contribution in [-0.2, 0) is 9.53 Å². The van der Waals surface area contributed by atoms with E-state index < -0.39 is 12.1 Å². The Kier molecular flexibility index (Phi) is 7.21. The first kappa shape index (κ1) is 21.5. The predicted molar refractivity (Wildman–Crippen MR) is 114 cm³/mol. The third-order valence-electron chi connectivity index (χ3n) is 4.81. The average molecular weight is 383 g/mol. The smallest absolute Gasteiger partial charge is 0.338 e. The molecule has 0 saturated carbocycles. The SMILES string of the molecule is CCN(CC)c1ccc(C(=O)O[C@@H](C)C(=O)Nc2c(C)cc(C)cc2C)cc1. The molecule has 0 aliphatic carbocycles. The van der Waals surface area contributed by atoms with Crippen molar-refractivity contribution in [3.8, 4) is 0 Å². The molecule has 1 amide bonds. The molecule has 0 aromatic heterocycles.